The van der Waals surface area contributed by atoms with Crippen LogP contribution < -0.4 is 0 Å². The van der Waals surface area contributed by atoms with Crippen LogP contribution in [0.1, 0.15) is 31.6 Å². The van der Waals surface area contributed by atoms with Crippen LogP contribution in [0.5, 0.6) is 0 Å². The molecule has 0 radical (unpaired) electrons. The predicted molar refractivity (Wildman–Crippen MR) is 82.9 cm³/mol. The van der Waals surface area contributed by atoms with Crippen molar-refractivity contribution in [2.24, 2.45) is 5.92 Å². The molecule has 0 unspecified atom stereocenters. The molecule has 106 valence electrons. The molecule has 0 spiro atoms. The Morgan fingerprint density at radius 2 is 1.81 bits per heavy atom. The van der Waals surface area contributed by atoms with Crippen LogP contribution >= 0.6 is 0 Å². The van der Waals surface area contributed by atoms with Gasteiger partial charge in [-0.15, -0.1) is 0 Å². The van der Waals surface area contributed by atoms with E-state index in [1.807, 2.05) is 30.6 Å². The molecule has 1 fully saturated rings. The number of benzene rings is 1. The first-order chi connectivity index (χ1) is 10.4. The van der Waals surface area contributed by atoms with Gasteiger partial charge in [0.05, 0.1) is 0 Å². The molecule has 4 rings (SSSR count). The summed E-state index contributed by atoms with van der Waals surface area (Å²) in [6, 6.07) is 10.2. The summed E-state index contributed by atoms with van der Waals surface area (Å²) < 4.78 is 5.90. The summed E-state index contributed by atoms with van der Waals surface area (Å²) in [5.41, 5.74) is 4.16. The van der Waals surface area contributed by atoms with Gasteiger partial charge in [-0.3, -0.25) is 4.98 Å². The average Bonchev–Trinajstić information content (AvgIpc) is 3.16. The first-order valence-corrected chi connectivity index (χ1v) is 7.68. The largest absolute Gasteiger partial charge is 0.441 e. The second-order valence-corrected chi connectivity index (χ2v) is 5.88. The van der Waals surface area contributed by atoms with E-state index < -0.39 is 0 Å². The summed E-state index contributed by atoms with van der Waals surface area (Å²) in [5.74, 6) is 1.65. The molecule has 1 aromatic carbocycles. The Hall–Kier alpha value is -2.16. The summed E-state index contributed by atoms with van der Waals surface area (Å²) in [5, 5.41) is 0. The lowest BCUT2D eigenvalue weighted by molar-refractivity contribution is 0.448. The first kappa shape index (κ1) is 12.6. The van der Waals surface area contributed by atoms with Crippen LogP contribution in [0.2, 0.25) is 0 Å². The molecule has 0 amide bonds. The SMILES string of the molecule is c1cc(-c2ccc3oc(CC4CCCC4)nc3c2)ccn1. The minimum Gasteiger partial charge on any atom is -0.441 e. The molecule has 3 aromatic rings. The van der Waals surface area contributed by atoms with Crippen molar-refractivity contribution in [2.45, 2.75) is 32.1 Å². The highest BCUT2D eigenvalue weighted by molar-refractivity contribution is 5.80. The molecule has 2 heterocycles. The first-order valence-electron chi connectivity index (χ1n) is 7.68. The third-order valence-electron chi connectivity index (χ3n) is 4.38. The molecular weight excluding hydrogens is 260 g/mol. The highest BCUT2D eigenvalue weighted by atomic mass is 16.3. The fourth-order valence-electron chi connectivity index (χ4n) is 3.25. The molecule has 0 saturated heterocycles. The molecule has 3 nitrogen and oxygen atoms in total. The Morgan fingerprint density at radius 1 is 1.00 bits per heavy atom. The number of fused-ring (bicyclic) bond motifs is 1. The quantitative estimate of drug-likeness (QED) is 0.701. The third kappa shape index (κ3) is 2.56. The van der Waals surface area contributed by atoms with E-state index in [1.54, 1.807) is 0 Å². The summed E-state index contributed by atoms with van der Waals surface area (Å²) in [6.45, 7) is 0. The predicted octanol–water partition coefficient (Wildman–Crippen LogP) is 4.62. The van der Waals surface area contributed by atoms with Gasteiger partial charge in [-0.2, -0.15) is 0 Å². The van der Waals surface area contributed by atoms with Gasteiger partial charge >= 0.3 is 0 Å². The van der Waals surface area contributed by atoms with Crippen molar-refractivity contribution in [3.05, 3.63) is 48.6 Å². The van der Waals surface area contributed by atoms with Gasteiger partial charge in [-0.25, -0.2) is 4.98 Å². The van der Waals surface area contributed by atoms with Crippen molar-refractivity contribution < 1.29 is 4.42 Å². The van der Waals surface area contributed by atoms with E-state index >= 15 is 0 Å². The highest BCUT2D eigenvalue weighted by Crippen LogP contribution is 2.30. The molecule has 1 saturated carbocycles. The Bertz CT molecular complexity index is 742. The van der Waals surface area contributed by atoms with Gasteiger partial charge in [0.1, 0.15) is 5.52 Å². The maximum atomic E-state index is 5.90. The Kier molecular flexibility index (Phi) is 3.18. The van der Waals surface area contributed by atoms with Crippen LogP contribution in [0.4, 0.5) is 0 Å². The molecule has 21 heavy (non-hydrogen) atoms. The lowest BCUT2D eigenvalue weighted by Crippen LogP contribution is -1.98. The van der Waals surface area contributed by atoms with Gasteiger partial charge in [0, 0.05) is 18.8 Å². The second kappa shape index (κ2) is 5.32. The van der Waals surface area contributed by atoms with Crippen molar-refractivity contribution in [2.75, 3.05) is 0 Å². The van der Waals surface area contributed by atoms with Crippen LogP contribution in [-0.2, 0) is 6.42 Å². The molecule has 0 aliphatic heterocycles. The van der Waals surface area contributed by atoms with Crippen LogP contribution in [0.3, 0.4) is 0 Å². The van der Waals surface area contributed by atoms with Crippen molar-refractivity contribution in [3.63, 3.8) is 0 Å². The van der Waals surface area contributed by atoms with Crippen molar-refractivity contribution in [3.8, 4) is 11.1 Å². The number of aromatic nitrogens is 2. The number of nitrogens with zero attached hydrogens (tertiary/aromatic N) is 2. The number of hydrogen-bond acceptors (Lipinski definition) is 3. The zero-order valence-corrected chi connectivity index (χ0v) is 12.0. The third-order valence-corrected chi connectivity index (χ3v) is 4.38. The topological polar surface area (TPSA) is 38.9 Å². The Morgan fingerprint density at radius 3 is 2.62 bits per heavy atom. The monoisotopic (exact) mass is 278 g/mol. The molecule has 0 atom stereocenters. The summed E-state index contributed by atoms with van der Waals surface area (Å²) >= 11 is 0. The average molecular weight is 278 g/mol. The number of hydrogen-bond donors (Lipinski definition) is 0. The minimum absolute atomic E-state index is 0.762. The normalized spacial score (nSPS) is 15.8. The van der Waals surface area contributed by atoms with Gasteiger partial charge in [-0.05, 0) is 54.2 Å². The number of pyridine rings is 1. The van der Waals surface area contributed by atoms with Crippen molar-refractivity contribution in [1.82, 2.24) is 9.97 Å². The molecule has 0 bridgehead atoms. The Balaban J connectivity index is 1.65. The van der Waals surface area contributed by atoms with Gasteiger partial charge < -0.3 is 4.42 Å². The van der Waals surface area contributed by atoms with Crippen molar-refractivity contribution >= 4 is 11.1 Å². The van der Waals surface area contributed by atoms with Crippen molar-refractivity contribution in [1.29, 1.82) is 0 Å². The lowest BCUT2D eigenvalue weighted by Gasteiger charge is -2.03. The second-order valence-electron chi connectivity index (χ2n) is 5.88. The summed E-state index contributed by atoms with van der Waals surface area (Å²) in [4.78, 5) is 8.74. The molecule has 2 aromatic heterocycles. The fourth-order valence-corrected chi connectivity index (χ4v) is 3.25. The molecule has 1 aliphatic rings. The van der Waals surface area contributed by atoms with E-state index in [0.717, 1.165) is 40.5 Å². The maximum Gasteiger partial charge on any atom is 0.195 e. The minimum atomic E-state index is 0.762. The van der Waals surface area contributed by atoms with Gasteiger partial charge in [-0.1, -0.05) is 18.9 Å². The zero-order chi connectivity index (χ0) is 14.1. The number of oxazole rings is 1. The summed E-state index contributed by atoms with van der Waals surface area (Å²) in [7, 11) is 0. The van der Waals surface area contributed by atoms with E-state index in [1.165, 1.54) is 25.7 Å². The van der Waals surface area contributed by atoms with Crippen LogP contribution in [-0.4, -0.2) is 9.97 Å². The highest BCUT2D eigenvalue weighted by Gasteiger charge is 2.18. The van der Waals surface area contributed by atoms with Crippen LogP contribution in [0.25, 0.3) is 22.2 Å². The molecule has 3 heteroatoms. The van der Waals surface area contributed by atoms with Gasteiger partial charge in [0.15, 0.2) is 11.5 Å². The molecule has 1 aliphatic carbocycles. The van der Waals surface area contributed by atoms with Gasteiger partial charge in [0.25, 0.3) is 0 Å². The van der Waals surface area contributed by atoms with Gasteiger partial charge in [0.2, 0.25) is 0 Å². The standard InChI is InChI=1S/C18H18N2O/c1-2-4-13(3-1)11-18-20-16-12-15(5-6-17(16)21-18)14-7-9-19-10-8-14/h5-10,12-13H,1-4,11H2. The molecule has 0 N–H and O–H groups in total. The maximum absolute atomic E-state index is 5.90. The van der Waals surface area contributed by atoms with E-state index in [-0.39, 0.29) is 0 Å². The van der Waals surface area contributed by atoms with E-state index in [4.69, 9.17) is 4.42 Å². The van der Waals surface area contributed by atoms with E-state index in [2.05, 4.69) is 22.1 Å². The number of rotatable bonds is 3. The lowest BCUT2D eigenvalue weighted by atomic mass is 10.0. The van der Waals surface area contributed by atoms with E-state index in [9.17, 15) is 0 Å². The van der Waals surface area contributed by atoms with Crippen LogP contribution in [0.15, 0.2) is 47.1 Å². The fraction of sp³-hybridized carbons (Fsp3) is 0.333. The zero-order valence-electron chi connectivity index (χ0n) is 12.0. The Labute approximate surface area is 124 Å². The van der Waals surface area contributed by atoms with E-state index in [0.29, 0.717) is 0 Å². The smallest absolute Gasteiger partial charge is 0.195 e. The van der Waals surface area contributed by atoms with Crippen LogP contribution in [0, 0.1) is 5.92 Å². The summed E-state index contributed by atoms with van der Waals surface area (Å²) in [6.07, 6.45) is 9.97. The molecular formula is C18H18N2O.